The molecular formula is C17H24N2O6. The Morgan fingerprint density at radius 1 is 1.40 bits per heavy atom. The van der Waals surface area contributed by atoms with Crippen LogP contribution in [0.2, 0.25) is 0 Å². The van der Waals surface area contributed by atoms with E-state index in [4.69, 9.17) is 10.5 Å². The largest absolute Gasteiger partial charge is 0.477 e. The summed E-state index contributed by atoms with van der Waals surface area (Å²) in [6, 6.07) is -0.295. The van der Waals surface area contributed by atoms with Gasteiger partial charge in [0.2, 0.25) is 5.91 Å². The first-order chi connectivity index (χ1) is 11.9. The summed E-state index contributed by atoms with van der Waals surface area (Å²) in [4.78, 5) is 37.1. The molecule has 0 unspecified atom stereocenters. The van der Waals surface area contributed by atoms with E-state index in [1.165, 1.54) is 4.90 Å². The molecule has 0 aromatic heterocycles. The summed E-state index contributed by atoms with van der Waals surface area (Å²) < 4.78 is 5.25. The fourth-order valence-corrected chi connectivity index (χ4v) is 4.56. The maximum atomic E-state index is 12.4. The second-order valence-electron chi connectivity index (χ2n) is 7.03. The number of hydrogen-bond acceptors (Lipinski definition) is 6. The molecule has 2 fully saturated rings. The van der Waals surface area contributed by atoms with Gasteiger partial charge in [-0.05, 0) is 25.3 Å². The SMILES string of the molecule is C[C@@H](O)[C@H]1C(=O)N2C(C(=O)O)=C3[C@@H](COC(=O)CCN)CCC[C@@H]3[C@H]12. The van der Waals surface area contributed by atoms with Crippen molar-refractivity contribution in [3.63, 3.8) is 0 Å². The standard InChI is InChI=1S/C17H24N2O6/c1-8(20)12-14-10-4-2-3-9(7-25-11(21)5-6-18)13(10)15(17(23)24)19(14)16(12)22/h8-10,12,14,20H,2-7,18H2,1H3,(H,23,24)/t8-,9-,10+,12-,14-/m1/s1. The second-order valence-corrected chi connectivity index (χ2v) is 7.03. The van der Waals surface area contributed by atoms with Gasteiger partial charge in [-0.2, -0.15) is 0 Å². The van der Waals surface area contributed by atoms with Crippen molar-refractivity contribution in [2.24, 2.45) is 23.5 Å². The zero-order chi connectivity index (χ0) is 18.3. The van der Waals surface area contributed by atoms with Gasteiger partial charge in [-0.1, -0.05) is 6.42 Å². The Labute approximate surface area is 145 Å². The van der Waals surface area contributed by atoms with Crippen LogP contribution in [0.1, 0.15) is 32.6 Å². The number of esters is 1. The zero-order valence-electron chi connectivity index (χ0n) is 14.2. The van der Waals surface area contributed by atoms with Crippen LogP contribution in [0.25, 0.3) is 0 Å². The van der Waals surface area contributed by atoms with E-state index >= 15 is 0 Å². The molecule has 8 heteroatoms. The van der Waals surface area contributed by atoms with Crippen LogP contribution in [0.5, 0.6) is 0 Å². The maximum Gasteiger partial charge on any atom is 0.352 e. The highest BCUT2D eigenvalue weighted by Crippen LogP contribution is 2.53. The van der Waals surface area contributed by atoms with Crippen molar-refractivity contribution >= 4 is 17.8 Å². The number of aliphatic carboxylic acids is 1. The fourth-order valence-electron chi connectivity index (χ4n) is 4.56. The number of carboxylic acids is 1. The van der Waals surface area contributed by atoms with Crippen LogP contribution in [0.15, 0.2) is 11.3 Å². The number of carbonyl (C=O) groups excluding carboxylic acids is 2. The van der Waals surface area contributed by atoms with E-state index in [0.29, 0.717) is 12.0 Å². The molecule has 2 aliphatic heterocycles. The van der Waals surface area contributed by atoms with Gasteiger partial charge in [-0.25, -0.2) is 4.79 Å². The number of amides is 1. The lowest BCUT2D eigenvalue weighted by Crippen LogP contribution is -2.64. The summed E-state index contributed by atoms with van der Waals surface area (Å²) in [6.07, 6.45) is 1.67. The number of aliphatic hydroxyl groups is 1. The van der Waals surface area contributed by atoms with Crippen LogP contribution in [0.3, 0.4) is 0 Å². The van der Waals surface area contributed by atoms with Crippen LogP contribution >= 0.6 is 0 Å². The van der Waals surface area contributed by atoms with Gasteiger partial charge in [0.15, 0.2) is 0 Å². The van der Waals surface area contributed by atoms with Crippen LogP contribution in [0.4, 0.5) is 0 Å². The molecule has 1 amide bonds. The number of hydrogen-bond donors (Lipinski definition) is 3. The zero-order valence-corrected chi connectivity index (χ0v) is 14.2. The molecule has 25 heavy (non-hydrogen) atoms. The molecule has 8 nitrogen and oxygen atoms in total. The minimum absolute atomic E-state index is 0.0245. The third kappa shape index (κ3) is 2.83. The summed E-state index contributed by atoms with van der Waals surface area (Å²) in [5.74, 6) is -2.73. The number of β-lactam (4-membered cyclic amide) rings is 1. The molecule has 3 aliphatic rings. The van der Waals surface area contributed by atoms with E-state index < -0.39 is 24.0 Å². The number of fused-ring (bicyclic) bond motifs is 3. The summed E-state index contributed by atoms with van der Waals surface area (Å²) in [7, 11) is 0. The van der Waals surface area contributed by atoms with Crippen molar-refractivity contribution in [3.8, 4) is 0 Å². The Morgan fingerprint density at radius 2 is 2.12 bits per heavy atom. The monoisotopic (exact) mass is 352 g/mol. The Kier molecular flexibility index (Phi) is 4.83. The normalized spacial score (nSPS) is 32.0. The van der Waals surface area contributed by atoms with Crippen molar-refractivity contribution in [1.29, 1.82) is 0 Å². The molecule has 138 valence electrons. The predicted molar refractivity (Wildman–Crippen MR) is 85.9 cm³/mol. The molecule has 3 rings (SSSR count). The molecule has 0 radical (unpaired) electrons. The first kappa shape index (κ1) is 17.9. The Bertz CT molecular complexity index is 629. The van der Waals surface area contributed by atoms with Gasteiger partial charge in [-0.15, -0.1) is 0 Å². The average Bonchev–Trinajstić information content (AvgIpc) is 2.84. The number of carbonyl (C=O) groups is 3. The lowest BCUT2D eigenvalue weighted by molar-refractivity contribution is -0.163. The number of nitrogens with zero attached hydrogens (tertiary/aromatic N) is 1. The van der Waals surface area contributed by atoms with Gasteiger partial charge in [0.25, 0.3) is 0 Å². The number of ether oxygens (including phenoxy) is 1. The van der Waals surface area contributed by atoms with Crippen molar-refractivity contribution in [2.75, 3.05) is 13.2 Å². The molecule has 0 aromatic rings. The van der Waals surface area contributed by atoms with Gasteiger partial charge in [0, 0.05) is 18.4 Å². The van der Waals surface area contributed by atoms with Crippen molar-refractivity contribution < 1.29 is 29.3 Å². The summed E-state index contributed by atoms with van der Waals surface area (Å²) in [5, 5.41) is 19.6. The average molecular weight is 352 g/mol. The van der Waals surface area contributed by atoms with Gasteiger partial charge in [0.05, 0.1) is 31.1 Å². The third-order valence-electron chi connectivity index (χ3n) is 5.54. The molecule has 1 saturated heterocycles. The van der Waals surface area contributed by atoms with Gasteiger partial charge < -0.3 is 25.6 Å². The fraction of sp³-hybridized carbons (Fsp3) is 0.706. The lowest BCUT2D eigenvalue weighted by atomic mass is 9.69. The van der Waals surface area contributed by atoms with E-state index in [1.54, 1.807) is 6.92 Å². The minimum atomic E-state index is -1.14. The van der Waals surface area contributed by atoms with Crippen molar-refractivity contribution in [2.45, 2.75) is 44.8 Å². The van der Waals surface area contributed by atoms with Crippen LogP contribution < -0.4 is 5.73 Å². The van der Waals surface area contributed by atoms with E-state index in [-0.39, 0.29) is 49.1 Å². The summed E-state index contributed by atoms with van der Waals surface area (Å²) >= 11 is 0. The summed E-state index contributed by atoms with van der Waals surface area (Å²) in [6.45, 7) is 1.87. The molecule has 4 N–H and O–H groups in total. The van der Waals surface area contributed by atoms with Gasteiger partial charge >= 0.3 is 11.9 Å². The smallest absolute Gasteiger partial charge is 0.352 e. The van der Waals surface area contributed by atoms with E-state index in [0.717, 1.165) is 12.8 Å². The molecule has 0 aromatic carbocycles. The highest BCUT2D eigenvalue weighted by Gasteiger charge is 2.62. The summed E-state index contributed by atoms with van der Waals surface area (Å²) in [5.41, 5.74) is 6.05. The minimum Gasteiger partial charge on any atom is -0.477 e. The molecule has 2 heterocycles. The number of nitrogens with two attached hydrogens (primary N) is 1. The Balaban J connectivity index is 1.86. The first-order valence-electron chi connectivity index (χ1n) is 8.72. The molecule has 0 bridgehead atoms. The predicted octanol–water partition coefficient (Wildman–Crippen LogP) is -0.145. The van der Waals surface area contributed by atoms with E-state index in [9.17, 15) is 24.6 Å². The Morgan fingerprint density at radius 3 is 2.72 bits per heavy atom. The molecule has 5 atom stereocenters. The van der Waals surface area contributed by atoms with Gasteiger partial charge in [-0.3, -0.25) is 9.59 Å². The maximum absolute atomic E-state index is 12.4. The van der Waals surface area contributed by atoms with Crippen LogP contribution in [-0.4, -0.2) is 58.3 Å². The highest BCUT2D eigenvalue weighted by molar-refractivity contribution is 6.00. The van der Waals surface area contributed by atoms with Crippen molar-refractivity contribution in [1.82, 2.24) is 4.90 Å². The van der Waals surface area contributed by atoms with E-state index in [1.807, 2.05) is 0 Å². The van der Waals surface area contributed by atoms with Crippen LogP contribution in [0, 0.1) is 17.8 Å². The molecule has 1 aliphatic carbocycles. The van der Waals surface area contributed by atoms with Crippen LogP contribution in [-0.2, 0) is 19.1 Å². The second kappa shape index (κ2) is 6.76. The van der Waals surface area contributed by atoms with Gasteiger partial charge in [0.1, 0.15) is 5.70 Å². The third-order valence-corrected chi connectivity index (χ3v) is 5.54. The number of aliphatic hydroxyl groups excluding tert-OH is 1. The lowest BCUT2D eigenvalue weighted by Gasteiger charge is -2.47. The Hall–Kier alpha value is -1.93. The highest BCUT2D eigenvalue weighted by atomic mass is 16.5. The molecule has 1 saturated carbocycles. The van der Waals surface area contributed by atoms with Crippen molar-refractivity contribution in [3.05, 3.63) is 11.3 Å². The van der Waals surface area contributed by atoms with E-state index in [2.05, 4.69) is 0 Å². The topological polar surface area (TPSA) is 130 Å². The molecule has 0 spiro atoms. The quantitative estimate of drug-likeness (QED) is 0.448. The molecular weight excluding hydrogens is 328 g/mol. The number of carboxylic acid groups (broad SMARTS) is 1. The number of rotatable bonds is 6. The first-order valence-corrected chi connectivity index (χ1v) is 8.72.